The average Bonchev–Trinajstić information content (AvgIpc) is 2.03. The SMILES string of the molecule is CCCONC(=O)N(C)CC. The Bertz CT molecular complexity index is 117. The van der Waals surface area contributed by atoms with Crippen molar-refractivity contribution >= 4 is 6.03 Å². The highest BCUT2D eigenvalue weighted by molar-refractivity contribution is 5.72. The number of hydrogen-bond acceptors (Lipinski definition) is 2. The maximum absolute atomic E-state index is 10.9. The predicted molar refractivity (Wildman–Crippen MR) is 43.1 cm³/mol. The number of nitrogens with one attached hydrogen (secondary N) is 1. The molecule has 11 heavy (non-hydrogen) atoms. The first-order valence-electron chi connectivity index (χ1n) is 3.85. The van der Waals surface area contributed by atoms with Gasteiger partial charge in [0.05, 0.1) is 6.61 Å². The number of amides is 2. The van der Waals surface area contributed by atoms with Gasteiger partial charge in [0.15, 0.2) is 0 Å². The third-order valence-electron chi connectivity index (χ3n) is 1.29. The lowest BCUT2D eigenvalue weighted by Crippen LogP contribution is -2.37. The first kappa shape index (κ1) is 10.2. The lowest BCUT2D eigenvalue weighted by Gasteiger charge is -2.14. The van der Waals surface area contributed by atoms with E-state index in [0.717, 1.165) is 6.42 Å². The fourth-order valence-corrected chi connectivity index (χ4v) is 0.436. The molecule has 0 bridgehead atoms. The normalized spacial score (nSPS) is 9.36. The van der Waals surface area contributed by atoms with Crippen LogP contribution >= 0.6 is 0 Å². The molecule has 0 aliphatic carbocycles. The Morgan fingerprint density at radius 1 is 1.55 bits per heavy atom. The molecular weight excluding hydrogens is 144 g/mol. The fraction of sp³-hybridized carbons (Fsp3) is 0.857. The summed E-state index contributed by atoms with van der Waals surface area (Å²) in [7, 11) is 1.71. The Balaban J connectivity index is 3.36. The Kier molecular flexibility index (Phi) is 5.56. The molecule has 0 radical (unpaired) electrons. The molecule has 0 aromatic carbocycles. The van der Waals surface area contributed by atoms with Gasteiger partial charge >= 0.3 is 6.03 Å². The van der Waals surface area contributed by atoms with E-state index in [4.69, 9.17) is 4.84 Å². The van der Waals surface area contributed by atoms with Gasteiger partial charge in [0.1, 0.15) is 0 Å². The number of carbonyl (C=O) groups excluding carboxylic acids is 1. The highest BCUT2D eigenvalue weighted by Crippen LogP contribution is 1.83. The molecule has 0 aliphatic heterocycles. The van der Waals surface area contributed by atoms with Crippen LogP contribution in [0.3, 0.4) is 0 Å². The summed E-state index contributed by atoms with van der Waals surface area (Å²) in [5.74, 6) is 0. The molecule has 0 rings (SSSR count). The minimum Gasteiger partial charge on any atom is -0.326 e. The Labute approximate surface area is 67.5 Å². The molecule has 0 fully saturated rings. The largest absolute Gasteiger partial charge is 0.341 e. The van der Waals surface area contributed by atoms with Gasteiger partial charge in [-0.2, -0.15) is 0 Å². The van der Waals surface area contributed by atoms with E-state index in [-0.39, 0.29) is 6.03 Å². The monoisotopic (exact) mass is 160 g/mol. The number of urea groups is 1. The summed E-state index contributed by atoms with van der Waals surface area (Å²) in [6, 6.07) is -0.194. The lowest BCUT2D eigenvalue weighted by atomic mass is 10.5. The highest BCUT2D eigenvalue weighted by atomic mass is 16.7. The summed E-state index contributed by atoms with van der Waals surface area (Å²) in [6.07, 6.45) is 0.899. The van der Waals surface area contributed by atoms with Gasteiger partial charge in [-0.3, -0.25) is 4.84 Å². The van der Waals surface area contributed by atoms with Crippen molar-refractivity contribution in [2.45, 2.75) is 20.3 Å². The van der Waals surface area contributed by atoms with Crippen molar-refractivity contribution in [2.75, 3.05) is 20.2 Å². The van der Waals surface area contributed by atoms with Crippen molar-refractivity contribution in [1.82, 2.24) is 10.4 Å². The van der Waals surface area contributed by atoms with E-state index in [1.54, 1.807) is 7.05 Å². The third-order valence-corrected chi connectivity index (χ3v) is 1.29. The Morgan fingerprint density at radius 3 is 2.64 bits per heavy atom. The molecule has 4 nitrogen and oxygen atoms in total. The van der Waals surface area contributed by atoms with Crippen LogP contribution in [-0.2, 0) is 4.84 Å². The predicted octanol–water partition coefficient (Wildman–Crippen LogP) is 0.989. The maximum atomic E-state index is 10.9. The molecule has 0 saturated heterocycles. The molecule has 66 valence electrons. The number of hydrogen-bond donors (Lipinski definition) is 1. The lowest BCUT2D eigenvalue weighted by molar-refractivity contribution is 0.0511. The zero-order chi connectivity index (χ0) is 8.69. The molecule has 0 unspecified atom stereocenters. The summed E-state index contributed by atoms with van der Waals surface area (Å²) in [5, 5.41) is 0. The van der Waals surface area contributed by atoms with Crippen molar-refractivity contribution < 1.29 is 9.63 Å². The van der Waals surface area contributed by atoms with E-state index in [1.807, 2.05) is 13.8 Å². The van der Waals surface area contributed by atoms with Crippen molar-refractivity contribution in [3.8, 4) is 0 Å². The number of nitrogens with zero attached hydrogens (tertiary/aromatic N) is 1. The number of carbonyl (C=O) groups is 1. The second-order valence-electron chi connectivity index (χ2n) is 2.27. The van der Waals surface area contributed by atoms with E-state index >= 15 is 0 Å². The summed E-state index contributed by atoms with van der Waals surface area (Å²) in [6.45, 7) is 5.12. The minimum absolute atomic E-state index is 0.194. The summed E-state index contributed by atoms with van der Waals surface area (Å²) in [5.41, 5.74) is 2.32. The van der Waals surface area contributed by atoms with Crippen LogP contribution < -0.4 is 5.48 Å². The first-order chi connectivity index (χ1) is 5.22. The van der Waals surface area contributed by atoms with E-state index in [1.165, 1.54) is 4.90 Å². The summed E-state index contributed by atoms with van der Waals surface area (Å²) < 4.78 is 0. The van der Waals surface area contributed by atoms with Crippen LogP contribution in [0.5, 0.6) is 0 Å². The van der Waals surface area contributed by atoms with E-state index in [0.29, 0.717) is 13.2 Å². The van der Waals surface area contributed by atoms with Gasteiger partial charge in [-0.1, -0.05) is 6.92 Å². The standard InChI is InChI=1S/C7H16N2O2/c1-4-6-11-8-7(10)9(3)5-2/h4-6H2,1-3H3,(H,8,10). The number of rotatable bonds is 4. The van der Waals surface area contributed by atoms with Gasteiger partial charge in [0.25, 0.3) is 0 Å². The Morgan fingerprint density at radius 2 is 2.18 bits per heavy atom. The molecule has 4 heteroatoms. The van der Waals surface area contributed by atoms with Crippen LogP contribution in [0.25, 0.3) is 0 Å². The zero-order valence-electron chi connectivity index (χ0n) is 7.39. The summed E-state index contributed by atoms with van der Waals surface area (Å²) >= 11 is 0. The third kappa shape index (κ3) is 4.61. The number of hydroxylamine groups is 1. The molecule has 1 N–H and O–H groups in total. The van der Waals surface area contributed by atoms with Gasteiger partial charge in [-0.15, -0.1) is 0 Å². The molecule has 0 heterocycles. The smallest absolute Gasteiger partial charge is 0.326 e. The molecule has 0 aromatic rings. The molecule has 0 spiro atoms. The molecule has 0 aliphatic rings. The second kappa shape index (κ2) is 5.97. The topological polar surface area (TPSA) is 41.6 Å². The van der Waals surface area contributed by atoms with Crippen LogP contribution in [0.2, 0.25) is 0 Å². The average molecular weight is 160 g/mol. The minimum atomic E-state index is -0.194. The van der Waals surface area contributed by atoms with Crippen LogP contribution in [-0.4, -0.2) is 31.1 Å². The van der Waals surface area contributed by atoms with E-state index < -0.39 is 0 Å². The van der Waals surface area contributed by atoms with Gasteiger partial charge in [0.2, 0.25) is 0 Å². The summed E-state index contributed by atoms with van der Waals surface area (Å²) in [4.78, 5) is 17.3. The molecule has 0 aromatic heterocycles. The Hall–Kier alpha value is -0.770. The van der Waals surface area contributed by atoms with Crippen molar-refractivity contribution in [3.05, 3.63) is 0 Å². The van der Waals surface area contributed by atoms with Gasteiger partial charge < -0.3 is 4.90 Å². The van der Waals surface area contributed by atoms with Gasteiger partial charge in [-0.25, -0.2) is 10.3 Å². The molecular formula is C7H16N2O2. The zero-order valence-corrected chi connectivity index (χ0v) is 7.39. The maximum Gasteiger partial charge on any atom is 0.341 e. The van der Waals surface area contributed by atoms with E-state index in [9.17, 15) is 4.79 Å². The van der Waals surface area contributed by atoms with Crippen molar-refractivity contribution in [2.24, 2.45) is 0 Å². The van der Waals surface area contributed by atoms with Crippen LogP contribution in [0.4, 0.5) is 4.79 Å². The first-order valence-corrected chi connectivity index (χ1v) is 3.85. The van der Waals surface area contributed by atoms with Crippen LogP contribution in [0, 0.1) is 0 Å². The van der Waals surface area contributed by atoms with E-state index in [2.05, 4.69) is 5.48 Å². The second-order valence-corrected chi connectivity index (χ2v) is 2.27. The van der Waals surface area contributed by atoms with Gasteiger partial charge in [-0.05, 0) is 13.3 Å². The molecule has 0 saturated carbocycles. The van der Waals surface area contributed by atoms with Gasteiger partial charge in [0, 0.05) is 13.6 Å². The highest BCUT2D eigenvalue weighted by Gasteiger charge is 2.03. The fourth-order valence-electron chi connectivity index (χ4n) is 0.436. The molecule has 0 atom stereocenters. The van der Waals surface area contributed by atoms with Crippen LogP contribution in [0.15, 0.2) is 0 Å². The van der Waals surface area contributed by atoms with Crippen molar-refractivity contribution in [1.29, 1.82) is 0 Å². The van der Waals surface area contributed by atoms with Crippen LogP contribution in [0.1, 0.15) is 20.3 Å². The quantitative estimate of drug-likeness (QED) is 0.492. The van der Waals surface area contributed by atoms with Crippen molar-refractivity contribution in [3.63, 3.8) is 0 Å². The molecule has 2 amide bonds.